The number of carbonyl (C=O) groups excluding carboxylic acids is 2. The first-order valence-electron chi connectivity index (χ1n) is 8.77. The monoisotopic (exact) mass is 428 g/mol. The van der Waals surface area contributed by atoms with Gasteiger partial charge in [-0.2, -0.15) is 0 Å². The zero-order chi connectivity index (χ0) is 20.6. The quantitative estimate of drug-likeness (QED) is 0.419. The summed E-state index contributed by atoms with van der Waals surface area (Å²) < 4.78 is 5.72. The molecule has 2 aromatic carbocycles. The van der Waals surface area contributed by atoms with Gasteiger partial charge >= 0.3 is 0 Å². The molecular formula is C20H20N4O3S2. The van der Waals surface area contributed by atoms with Crippen LogP contribution in [0.15, 0.2) is 52.9 Å². The van der Waals surface area contributed by atoms with Crippen LogP contribution in [0.25, 0.3) is 0 Å². The molecule has 29 heavy (non-hydrogen) atoms. The second-order valence-electron chi connectivity index (χ2n) is 6.15. The first kappa shape index (κ1) is 20.8. The van der Waals surface area contributed by atoms with Crippen LogP contribution >= 0.6 is 23.1 Å². The molecule has 3 aromatic rings. The number of thioether (sulfide) groups is 1. The van der Waals surface area contributed by atoms with Crippen molar-refractivity contribution in [1.82, 2.24) is 10.2 Å². The number of nitrogens with zero attached hydrogens (tertiary/aromatic N) is 2. The molecule has 7 nitrogen and oxygen atoms in total. The van der Waals surface area contributed by atoms with E-state index < -0.39 is 0 Å². The molecule has 1 aromatic heterocycles. The number of carbonyl (C=O) groups is 2. The Morgan fingerprint density at radius 3 is 2.41 bits per heavy atom. The van der Waals surface area contributed by atoms with E-state index in [1.807, 2.05) is 55.5 Å². The Morgan fingerprint density at radius 1 is 1.00 bits per heavy atom. The molecule has 0 saturated heterocycles. The topological polar surface area (TPSA) is 93.2 Å². The van der Waals surface area contributed by atoms with E-state index in [4.69, 9.17) is 4.74 Å². The van der Waals surface area contributed by atoms with E-state index in [2.05, 4.69) is 20.8 Å². The maximum absolute atomic E-state index is 12.2. The predicted molar refractivity (Wildman–Crippen MR) is 116 cm³/mol. The average Bonchev–Trinajstić information content (AvgIpc) is 3.16. The Labute approximate surface area is 176 Å². The van der Waals surface area contributed by atoms with Crippen molar-refractivity contribution in [2.24, 2.45) is 0 Å². The van der Waals surface area contributed by atoms with Gasteiger partial charge in [0, 0.05) is 5.69 Å². The summed E-state index contributed by atoms with van der Waals surface area (Å²) in [4.78, 5) is 24.2. The van der Waals surface area contributed by atoms with E-state index in [0.29, 0.717) is 9.47 Å². The number of aryl methyl sites for hydroxylation is 1. The van der Waals surface area contributed by atoms with Crippen LogP contribution in [0, 0.1) is 6.92 Å². The van der Waals surface area contributed by atoms with Gasteiger partial charge < -0.3 is 15.4 Å². The minimum Gasteiger partial charge on any atom is -0.497 e. The van der Waals surface area contributed by atoms with Crippen molar-refractivity contribution in [2.75, 3.05) is 23.5 Å². The summed E-state index contributed by atoms with van der Waals surface area (Å²) in [6.07, 6.45) is 0.227. The third-order valence-electron chi connectivity index (χ3n) is 3.84. The number of rotatable bonds is 8. The van der Waals surface area contributed by atoms with Gasteiger partial charge in [-0.05, 0) is 36.8 Å². The van der Waals surface area contributed by atoms with Crippen LogP contribution in [-0.4, -0.2) is 34.9 Å². The number of hydrogen-bond acceptors (Lipinski definition) is 7. The fraction of sp³-hybridized carbons (Fsp3) is 0.200. The van der Waals surface area contributed by atoms with Crippen LogP contribution in [0.2, 0.25) is 0 Å². The first-order chi connectivity index (χ1) is 14.0. The Kier molecular flexibility index (Phi) is 7.20. The molecule has 2 amide bonds. The molecule has 0 spiro atoms. The Bertz CT molecular complexity index is 972. The lowest BCUT2D eigenvalue weighted by Gasteiger charge is -2.04. The number of nitrogens with one attached hydrogen (secondary N) is 2. The minimum absolute atomic E-state index is 0.126. The zero-order valence-corrected chi connectivity index (χ0v) is 17.6. The highest BCUT2D eigenvalue weighted by Crippen LogP contribution is 2.25. The van der Waals surface area contributed by atoms with Crippen molar-refractivity contribution in [2.45, 2.75) is 17.7 Å². The van der Waals surface area contributed by atoms with Crippen molar-refractivity contribution < 1.29 is 14.3 Å². The van der Waals surface area contributed by atoms with Crippen LogP contribution in [0.3, 0.4) is 0 Å². The number of aromatic nitrogens is 2. The Hall–Kier alpha value is -2.91. The largest absolute Gasteiger partial charge is 0.497 e. The third-order valence-corrected chi connectivity index (χ3v) is 5.81. The zero-order valence-electron chi connectivity index (χ0n) is 16.0. The molecule has 3 rings (SSSR count). The molecule has 0 aliphatic heterocycles. The second-order valence-corrected chi connectivity index (χ2v) is 8.35. The smallest absolute Gasteiger partial charge is 0.234 e. The van der Waals surface area contributed by atoms with E-state index in [0.717, 1.165) is 22.6 Å². The summed E-state index contributed by atoms with van der Waals surface area (Å²) >= 11 is 2.51. The van der Waals surface area contributed by atoms with Crippen molar-refractivity contribution in [3.63, 3.8) is 0 Å². The maximum atomic E-state index is 12.2. The molecule has 0 bridgehead atoms. The van der Waals surface area contributed by atoms with Gasteiger partial charge in [0.1, 0.15) is 5.75 Å². The van der Waals surface area contributed by atoms with Gasteiger partial charge in [0.15, 0.2) is 4.34 Å². The molecule has 0 aliphatic carbocycles. The van der Waals surface area contributed by atoms with Crippen LogP contribution in [0.5, 0.6) is 5.75 Å². The summed E-state index contributed by atoms with van der Waals surface area (Å²) in [6, 6.07) is 14.9. The van der Waals surface area contributed by atoms with Crippen molar-refractivity contribution in [3.05, 3.63) is 59.7 Å². The van der Waals surface area contributed by atoms with E-state index in [-0.39, 0.29) is 24.0 Å². The molecule has 0 saturated carbocycles. The fourth-order valence-corrected chi connectivity index (χ4v) is 3.94. The number of amides is 2. The van der Waals surface area contributed by atoms with Gasteiger partial charge in [0.2, 0.25) is 16.9 Å². The number of ether oxygens (including phenoxy) is 1. The first-order valence-corrected chi connectivity index (χ1v) is 10.6. The molecule has 150 valence electrons. The highest BCUT2D eigenvalue weighted by molar-refractivity contribution is 8.01. The highest BCUT2D eigenvalue weighted by Gasteiger charge is 2.11. The number of hydrogen-bond donors (Lipinski definition) is 2. The molecule has 0 unspecified atom stereocenters. The predicted octanol–water partition coefficient (Wildman–Crippen LogP) is 3.77. The average molecular weight is 429 g/mol. The molecule has 0 fully saturated rings. The van der Waals surface area contributed by atoms with Crippen LogP contribution < -0.4 is 15.4 Å². The lowest BCUT2D eigenvalue weighted by atomic mass is 10.1. The van der Waals surface area contributed by atoms with E-state index in [1.165, 1.54) is 23.1 Å². The molecule has 0 aliphatic rings. The SMILES string of the molecule is COc1ccc(CC(=O)Nc2nnc(SCC(=O)Nc3ccc(C)cc3)s2)cc1. The van der Waals surface area contributed by atoms with Gasteiger partial charge in [-0.3, -0.25) is 9.59 Å². The summed E-state index contributed by atoms with van der Waals surface area (Å²) in [5, 5.41) is 13.9. The molecular weight excluding hydrogens is 408 g/mol. The van der Waals surface area contributed by atoms with E-state index in [1.54, 1.807) is 7.11 Å². The van der Waals surface area contributed by atoms with Crippen molar-refractivity contribution in [3.8, 4) is 5.75 Å². The Balaban J connectivity index is 1.45. The van der Waals surface area contributed by atoms with E-state index in [9.17, 15) is 9.59 Å². The lowest BCUT2D eigenvalue weighted by Crippen LogP contribution is -2.14. The van der Waals surface area contributed by atoms with Crippen molar-refractivity contribution in [1.29, 1.82) is 0 Å². The van der Waals surface area contributed by atoms with E-state index >= 15 is 0 Å². The second kappa shape index (κ2) is 10.0. The summed E-state index contributed by atoms with van der Waals surface area (Å²) in [6.45, 7) is 1.99. The number of benzene rings is 2. The minimum atomic E-state index is -0.181. The molecule has 9 heteroatoms. The Morgan fingerprint density at radius 2 is 1.72 bits per heavy atom. The van der Waals surface area contributed by atoms with Gasteiger partial charge in [0.05, 0.1) is 19.3 Å². The summed E-state index contributed by atoms with van der Waals surface area (Å²) in [5.74, 6) is 0.646. The van der Waals surface area contributed by atoms with Crippen LogP contribution in [-0.2, 0) is 16.0 Å². The van der Waals surface area contributed by atoms with Gasteiger partial charge in [-0.15, -0.1) is 10.2 Å². The standard InChI is InChI=1S/C20H20N4O3S2/c1-13-3-7-15(8-4-13)21-18(26)12-28-20-24-23-19(29-20)22-17(25)11-14-5-9-16(27-2)10-6-14/h3-10H,11-12H2,1-2H3,(H,21,26)(H,22,23,25). The maximum Gasteiger partial charge on any atom is 0.234 e. The number of anilines is 2. The summed E-state index contributed by atoms with van der Waals surface area (Å²) in [5.41, 5.74) is 2.76. The highest BCUT2D eigenvalue weighted by atomic mass is 32.2. The van der Waals surface area contributed by atoms with Gasteiger partial charge in [-0.1, -0.05) is 52.9 Å². The van der Waals surface area contributed by atoms with Gasteiger partial charge in [-0.25, -0.2) is 0 Å². The van der Waals surface area contributed by atoms with Crippen LogP contribution in [0.1, 0.15) is 11.1 Å². The van der Waals surface area contributed by atoms with Gasteiger partial charge in [0.25, 0.3) is 0 Å². The van der Waals surface area contributed by atoms with Crippen molar-refractivity contribution >= 4 is 45.7 Å². The number of methoxy groups -OCH3 is 1. The fourth-order valence-electron chi connectivity index (χ4n) is 2.37. The summed E-state index contributed by atoms with van der Waals surface area (Å²) in [7, 11) is 1.60. The van der Waals surface area contributed by atoms with Crippen LogP contribution in [0.4, 0.5) is 10.8 Å². The molecule has 2 N–H and O–H groups in total. The molecule has 0 radical (unpaired) electrons. The third kappa shape index (κ3) is 6.58. The molecule has 0 atom stereocenters. The lowest BCUT2D eigenvalue weighted by molar-refractivity contribution is -0.115. The normalized spacial score (nSPS) is 10.4. The molecule has 1 heterocycles.